The largest absolute Gasteiger partial charge is 0.367 e. The van der Waals surface area contributed by atoms with Crippen LogP contribution in [0.15, 0.2) is 54.9 Å². The fourth-order valence-corrected chi connectivity index (χ4v) is 3.10. The molecule has 3 aromatic rings. The number of aromatic amines is 1. The van der Waals surface area contributed by atoms with Gasteiger partial charge in [-0.3, -0.25) is 9.78 Å². The number of hydrogen-bond donors (Lipinski definition) is 1. The lowest BCUT2D eigenvalue weighted by atomic mass is 9.95. The third-order valence-electron chi connectivity index (χ3n) is 4.13. The molecule has 1 N–H and O–H groups in total. The van der Waals surface area contributed by atoms with Gasteiger partial charge in [0.05, 0.1) is 18.0 Å². The van der Waals surface area contributed by atoms with Gasteiger partial charge in [0, 0.05) is 29.9 Å². The predicted molar refractivity (Wildman–Crippen MR) is 87.3 cm³/mol. The molecule has 1 aliphatic rings. The normalized spacial score (nSPS) is 13.8. The number of rotatable bonds is 3. The molecule has 23 heavy (non-hydrogen) atoms. The minimum absolute atomic E-state index is 0.0498. The van der Waals surface area contributed by atoms with Crippen LogP contribution in [0.1, 0.15) is 27.2 Å². The van der Waals surface area contributed by atoms with Crippen LogP contribution >= 0.6 is 0 Å². The van der Waals surface area contributed by atoms with E-state index in [1.165, 1.54) is 5.56 Å². The average Bonchev–Trinajstić information content (AvgIpc) is 2.96. The summed E-state index contributed by atoms with van der Waals surface area (Å²) >= 11 is 0. The first kappa shape index (κ1) is 13.9. The molecule has 0 spiro atoms. The lowest BCUT2D eigenvalue weighted by molar-refractivity contribution is 0.0658. The van der Waals surface area contributed by atoms with E-state index in [2.05, 4.69) is 22.1 Å². The van der Waals surface area contributed by atoms with Crippen LogP contribution < -0.4 is 0 Å². The number of benzene rings is 1. The number of nitrogens with zero attached hydrogens (tertiary/aromatic N) is 1. The van der Waals surface area contributed by atoms with Crippen molar-refractivity contribution in [3.8, 4) is 11.3 Å². The maximum Gasteiger partial charge on any atom is 0.190 e. The molecule has 0 aliphatic carbocycles. The molecule has 0 radical (unpaired) electrons. The molecule has 0 saturated carbocycles. The number of aromatic nitrogens is 2. The SMILES string of the molecule is O=C1COCc2[nH]c(-c3ccncc3)c(Cc3ccccc3)c21. The van der Waals surface area contributed by atoms with Gasteiger partial charge < -0.3 is 9.72 Å². The highest BCUT2D eigenvalue weighted by atomic mass is 16.5. The monoisotopic (exact) mass is 304 g/mol. The quantitative estimate of drug-likeness (QED) is 0.807. The van der Waals surface area contributed by atoms with Crippen LogP contribution in [0, 0.1) is 0 Å². The molecule has 2 aromatic heterocycles. The van der Waals surface area contributed by atoms with E-state index >= 15 is 0 Å². The summed E-state index contributed by atoms with van der Waals surface area (Å²) < 4.78 is 5.37. The standard InChI is InChI=1S/C19H16N2O2/c22-17-12-23-11-16-18(17)15(10-13-4-2-1-3-5-13)19(21-16)14-6-8-20-9-7-14/h1-9,21H,10-12H2. The molecule has 3 heterocycles. The van der Waals surface area contributed by atoms with Gasteiger partial charge in [-0.05, 0) is 23.3 Å². The molecular weight excluding hydrogens is 288 g/mol. The zero-order chi connectivity index (χ0) is 15.6. The smallest absolute Gasteiger partial charge is 0.190 e. The molecule has 1 aliphatic heterocycles. The van der Waals surface area contributed by atoms with Crippen molar-refractivity contribution in [3.63, 3.8) is 0 Å². The molecule has 4 nitrogen and oxygen atoms in total. The van der Waals surface area contributed by atoms with Gasteiger partial charge >= 0.3 is 0 Å². The van der Waals surface area contributed by atoms with Crippen LogP contribution in [0.3, 0.4) is 0 Å². The Labute approximate surface area is 134 Å². The highest BCUT2D eigenvalue weighted by molar-refractivity contribution is 6.02. The summed E-state index contributed by atoms with van der Waals surface area (Å²) in [6.45, 7) is 0.608. The molecule has 0 saturated heterocycles. The Hall–Kier alpha value is -2.72. The highest BCUT2D eigenvalue weighted by Gasteiger charge is 2.27. The number of fused-ring (bicyclic) bond motifs is 1. The third kappa shape index (κ3) is 2.58. The van der Waals surface area contributed by atoms with E-state index in [9.17, 15) is 4.79 Å². The van der Waals surface area contributed by atoms with Crippen LogP contribution in [-0.2, 0) is 17.8 Å². The summed E-state index contributed by atoms with van der Waals surface area (Å²) in [7, 11) is 0. The van der Waals surface area contributed by atoms with Gasteiger partial charge in [0.2, 0.25) is 0 Å². The Bertz CT molecular complexity index is 839. The van der Waals surface area contributed by atoms with Crippen molar-refractivity contribution in [2.75, 3.05) is 6.61 Å². The summed E-state index contributed by atoms with van der Waals surface area (Å²) in [4.78, 5) is 19.9. The first-order chi connectivity index (χ1) is 11.3. The second-order valence-electron chi connectivity index (χ2n) is 5.65. The summed E-state index contributed by atoms with van der Waals surface area (Å²) in [5, 5.41) is 0. The van der Waals surface area contributed by atoms with Gasteiger partial charge in [-0.15, -0.1) is 0 Å². The van der Waals surface area contributed by atoms with Crippen LogP contribution in [0.5, 0.6) is 0 Å². The van der Waals surface area contributed by atoms with Gasteiger partial charge in [-0.25, -0.2) is 0 Å². The Morgan fingerprint density at radius 3 is 2.61 bits per heavy atom. The van der Waals surface area contributed by atoms with Crippen molar-refractivity contribution >= 4 is 5.78 Å². The molecule has 0 fully saturated rings. The number of ketones is 1. The molecule has 1 aromatic carbocycles. The van der Waals surface area contributed by atoms with E-state index in [0.717, 1.165) is 34.5 Å². The van der Waals surface area contributed by atoms with Crippen molar-refractivity contribution in [2.45, 2.75) is 13.0 Å². The summed E-state index contributed by atoms with van der Waals surface area (Å²) in [6.07, 6.45) is 4.25. The van der Waals surface area contributed by atoms with Crippen LogP contribution in [-0.4, -0.2) is 22.4 Å². The van der Waals surface area contributed by atoms with Gasteiger partial charge in [0.15, 0.2) is 5.78 Å². The topological polar surface area (TPSA) is 55.0 Å². The number of H-pyrrole nitrogens is 1. The number of nitrogens with one attached hydrogen (secondary N) is 1. The Balaban J connectivity index is 1.87. The Morgan fingerprint density at radius 2 is 1.83 bits per heavy atom. The van der Waals surface area contributed by atoms with Crippen molar-refractivity contribution in [3.05, 3.63) is 77.2 Å². The zero-order valence-electron chi connectivity index (χ0n) is 12.6. The third-order valence-corrected chi connectivity index (χ3v) is 4.13. The molecule has 0 unspecified atom stereocenters. The van der Waals surface area contributed by atoms with Crippen molar-refractivity contribution < 1.29 is 9.53 Å². The van der Waals surface area contributed by atoms with Crippen molar-refractivity contribution in [1.82, 2.24) is 9.97 Å². The lowest BCUT2D eigenvalue weighted by Crippen LogP contribution is -2.18. The average molecular weight is 304 g/mol. The number of hydrogen-bond acceptors (Lipinski definition) is 3. The fraction of sp³-hybridized carbons (Fsp3) is 0.158. The van der Waals surface area contributed by atoms with Crippen molar-refractivity contribution in [1.29, 1.82) is 0 Å². The van der Waals surface area contributed by atoms with Gasteiger partial charge in [0.1, 0.15) is 6.61 Å². The van der Waals surface area contributed by atoms with Crippen LogP contribution in [0.25, 0.3) is 11.3 Å². The minimum atomic E-state index is 0.0498. The van der Waals surface area contributed by atoms with E-state index < -0.39 is 0 Å². The second kappa shape index (κ2) is 5.82. The van der Waals surface area contributed by atoms with Gasteiger partial charge in [-0.1, -0.05) is 30.3 Å². The van der Waals surface area contributed by atoms with Crippen LogP contribution in [0.4, 0.5) is 0 Å². The molecule has 4 heteroatoms. The van der Waals surface area contributed by atoms with E-state index in [0.29, 0.717) is 6.61 Å². The summed E-state index contributed by atoms with van der Waals surface area (Å²) in [5.74, 6) is 0.0498. The molecule has 0 atom stereocenters. The van der Waals surface area contributed by atoms with Gasteiger partial charge in [0.25, 0.3) is 0 Å². The highest BCUT2D eigenvalue weighted by Crippen LogP contribution is 2.32. The van der Waals surface area contributed by atoms with E-state index in [4.69, 9.17) is 4.74 Å². The van der Waals surface area contributed by atoms with Crippen molar-refractivity contribution in [2.24, 2.45) is 0 Å². The summed E-state index contributed by atoms with van der Waals surface area (Å²) in [5.41, 5.74) is 5.92. The Kier molecular flexibility index (Phi) is 3.52. The zero-order valence-corrected chi connectivity index (χ0v) is 12.6. The maximum absolute atomic E-state index is 12.4. The molecule has 114 valence electrons. The molecular formula is C19H16N2O2. The number of carbonyl (C=O) groups excluding carboxylic acids is 1. The number of carbonyl (C=O) groups is 1. The second-order valence-corrected chi connectivity index (χ2v) is 5.65. The maximum atomic E-state index is 12.4. The number of pyridine rings is 1. The Morgan fingerprint density at radius 1 is 1.04 bits per heavy atom. The first-order valence-electron chi connectivity index (χ1n) is 7.62. The molecule has 4 rings (SSSR count). The van der Waals surface area contributed by atoms with E-state index in [1.807, 2.05) is 30.3 Å². The first-order valence-corrected chi connectivity index (χ1v) is 7.62. The minimum Gasteiger partial charge on any atom is -0.367 e. The number of ether oxygens (including phenoxy) is 1. The molecule has 0 amide bonds. The lowest BCUT2D eigenvalue weighted by Gasteiger charge is -2.13. The number of Topliss-reactive ketones (excluding diaryl/α,β-unsaturated/α-hetero) is 1. The molecule has 0 bridgehead atoms. The fourth-order valence-electron chi connectivity index (χ4n) is 3.10. The predicted octanol–water partition coefficient (Wildman–Crippen LogP) is 3.38. The van der Waals surface area contributed by atoms with Gasteiger partial charge in [-0.2, -0.15) is 0 Å². The summed E-state index contributed by atoms with van der Waals surface area (Å²) in [6, 6.07) is 14.1. The van der Waals surface area contributed by atoms with Crippen LogP contribution in [0.2, 0.25) is 0 Å². The van der Waals surface area contributed by atoms with E-state index in [1.54, 1.807) is 12.4 Å². The van der Waals surface area contributed by atoms with E-state index in [-0.39, 0.29) is 12.4 Å².